The van der Waals surface area contributed by atoms with Crippen LogP contribution in [0.4, 0.5) is 4.39 Å². The second-order valence-corrected chi connectivity index (χ2v) is 5.96. The first-order valence-corrected chi connectivity index (χ1v) is 6.54. The SMILES string of the molecule is CC1(C)CCCC1NCc1ccc(F)cc1Cl. The lowest BCUT2D eigenvalue weighted by Gasteiger charge is -2.28. The molecule has 3 heteroatoms. The molecule has 1 fully saturated rings. The van der Waals surface area contributed by atoms with Gasteiger partial charge >= 0.3 is 0 Å². The number of rotatable bonds is 3. The zero-order chi connectivity index (χ0) is 12.5. The molecule has 1 N–H and O–H groups in total. The molecule has 1 aromatic rings. The summed E-state index contributed by atoms with van der Waals surface area (Å²) < 4.78 is 12.9. The number of hydrogen-bond donors (Lipinski definition) is 1. The van der Waals surface area contributed by atoms with E-state index in [1.165, 1.54) is 31.4 Å². The molecule has 1 atom stereocenters. The smallest absolute Gasteiger partial charge is 0.124 e. The highest BCUT2D eigenvalue weighted by Crippen LogP contribution is 2.37. The van der Waals surface area contributed by atoms with Crippen molar-refractivity contribution in [2.24, 2.45) is 5.41 Å². The Labute approximate surface area is 107 Å². The minimum Gasteiger partial charge on any atom is -0.309 e. The van der Waals surface area contributed by atoms with Gasteiger partial charge < -0.3 is 5.32 Å². The van der Waals surface area contributed by atoms with Crippen molar-refractivity contribution in [2.75, 3.05) is 0 Å². The Morgan fingerprint density at radius 1 is 1.47 bits per heavy atom. The fourth-order valence-electron chi connectivity index (χ4n) is 2.60. The maximum Gasteiger partial charge on any atom is 0.124 e. The Morgan fingerprint density at radius 2 is 2.24 bits per heavy atom. The summed E-state index contributed by atoms with van der Waals surface area (Å²) in [6, 6.07) is 5.12. The van der Waals surface area contributed by atoms with Crippen LogP contribution in [0.3, 0.4) is 0 Å². The van der Waals surface area contributed by atoms with Gasteiger partial charge in [-0.15, -0.1) is 0 Å². The largest absolute Gasteiger partial charge is 0.309 e. The fourth-order valence-corrected chi connectivity index (χ4v) is 2.84. The average molecular weight is 256 g/mol. The topological polar surface area (TPSA) is 12.0 Å². The quantitative estimate of drug-likeness (QED) is 0.856. The van der Waals surface area contributed by atoms with E-state index in [4.69, 9.17) is 11.6 Å². The van der Waals surface area contributed by atoms with Gasteiger partial charge in [0.2, 0.25) is 0 Å². The standard InChI is InChI=1S/C14H19ClFN/c1-14(2)7-3-4-13(14)17-9-10-5-6-11(16)8-12(10)15/h5-6,8,13,17H,3-4,7,9H2,1-2H3. The van der Waals surface area contributed by atoms with Crippen LogP contribution in [0.2, 0.25) is 5.02 Å². The van der Waals surface area contributed by atoms with Crippen molar-refractivity contribution in [1.82, 2.24) is 5.32 Å². The molecule has 1 unspecified atom stereocenters. The Hall–Kier alpha value is -0.600. The van der Waals surface area contributed by atoms with Crippen molar-refractivity contribution in [1.29, 1.82) is 0 Å². The van der Waals surface area contributed by atoms with Crippen molar-refractivity contribution in [3.63, 3.8) is 0 Å². The molecule has 1 aliphatic rings. The normalized spacial score (nSPS) is 22.9. The van der Waals surface area contributed by atoms with E-state index in [1.54, 1.807) is 6.07 Å². The summed E-state index contributed by atoms with van der Waals surface area (Å²) in [6.07, 6.45) is 3.76. The van der Waals surface area contributed by atoms with Gasteiger partial charge in [-0.25, -0.2) is 4.39 Å². The summed E-state index contributed by atoms with van der Waals surface area (Å²) in [5.74, 6) is -0.278. The van der Waals surface area contributed by atoms with E-state index in [0.29, 0.717) is 23.0 Å². The van der Waals surface area contributed by atoms with E-state index in [2.05, 4.69) is 19.2 Å². The van der Waals surface area contributed by atoms with E-state index in [9.17, 15) is 4.39 Å². The first-order chi connectivity index (χ1) is 7.99. The summed E-state index contributed by atoms with van der Waals surface area (Å²) in [5, 5.41) is 4.05. The second kappa shape index (κ2) is 4.95. The van der Waals surface area contributed by atoms with Crippen LogP contribution in [-0.4, -0.2) is 6.04 Å². The van der Waals surface area contributed by atoms with E-state index in [1.807, 2.05) is 0 Å². The highest BCUT2D eigenvalue weighted by atomic mass is 35.5. The molecular weight excluding hydrogens is 237 g/mol. The summed E-state index contributed by atoms with van der Waals surface area (Å²) >= 11 is 6.01. The molecule has 17 heavy (non-hydrogen) atoms. The molecule has 0 bridgehead atoms. The first kappa shape index (κ1) is 12.8. The molecule has 0 aromatic heterocycles. The van der Waals surface area contributed by atoms with Gasteiger partial charge in [0.1, 0.15) is 5.82 Å². The lowest BCUT2D eigenvalue weighted by atomic mass is 9.87. The van der Waals surface area contributed by atoms with Crippen molar-refractivity contribution >= 4 is 11.6 Å². The van der Waals surface area contributed by atoms with Gasteiger partial charge in [-0.2, -0.15) is 0 Å². The zero-order valence-electron chi connectivity index (χ0n) is 10.4. The highest BCUT2D eigenvalue weighted by Gasteiger charge is 2.33. The van der Waals surface area contributed by atoms with Gasteiger partial charge in [0.25, 0.3) is 0 Å². The van der Waals surface area contributed by atoms with Gasteiger partial charge in [-0.1, -0.05) is 37.9 Å². The highest BCUT2D eigenvalue weighted by molar-refractivity contribution is 6.31. The van der Waals surface area contributed by atoms with Crippen molar-refractivity contribution < 1.29 is 4.39 Å². The Bertz CT molecular complexity index is 403. The van der Waals surface area contributed by atoms with Crippen LogP contribution in [0, 0.1) is 11.2 Å². The van der Waals surface area contributed by atoms with Crippen molar-refractivity contribution in [3.05, 3.63) is 34.6 Å². The lowest BCUT2D eigenvalue weighted by molar-refractivity contribution is 0.282. The number of benzene rings is 1. The van der Waals surface area contributed by atoms with Crippen molar-refractivity contribution in [3.8, 4) is 0 Å². The van der Waals surface area contributed by atoms with Gasteiger partial charge in [0.15, 0.2) is 0 Å². The zero-order valence-corrected chi connectivity index (χ0v) is 11.1. The average Bonchev–Trinajstić information content (AvgIpc) is 2.57. The van der Waals surface area contributed by atoms with E-state index >= 15 is 0 Å². The molecule has 0 aliphatic heterocycles. The first-order valence-electron chi connectivity index (χ1n) is 6.16. The minimum absolute atomic E-state index is 0.278. The maximum absolute atomic E-state index is 12.9. The molecule has 0 radical (unpaired) electrons. The van der Waals surface area contributed by atoms with E-state index < -0.39 is 0 Å². The summed E-state index contributed by atoms with van der Waals surface area (Å²) in [4.78, 5) is 0. The maximum atomic E-state index is 12.9. The Balaban J connectivity index is 1.98. The third-order valence-corrected chi connectivity index (χ3v) is 4.16. The molecule has 0 heterocycles. The third-order valence-electron chi connectivity index (χ3n) is 3.81. The molecule has 1 saturated carbocycles. The van der Waals surface area contributed by atoms with Crippen LogP contribution in [0.25, 0.3) is 0 Å². The number of halogens is 2. The van der Waals surface area contributed by atoms with Crippen LogP contribution in [0.15, 0.2) is 18.2 Å². The predicted octanol–water partition coefficient (Wildman–Crippen LogP) is 4.15. The summed E-state index contributed by atoms with van der Waals surface area (Å²) in [6.45, 7) is 5.31. The van der Waals surface area contributed by atoms with Gasteiger partial charge in [-0.3, -0.25) is 0 Å². The molecule has 2 rings (SSSR count). The van der Waals surface area contributed by atoms with Gasteiger partial charge in [0, 0.05) is 17.6 Å². The lowest BCUT2D eigenvalue weighted by Crippen LogP contribution is -2.37. The van der Waals surface area contributed by atoms with Crippen LogP contribution in [0.5, 0.6) is 0 Å². The van der Waals surface area contributed by atoms with Crippen LogP contribution >= 0.6 is 11.6 Å². The molecule has 94 valence electrons. The molecule has 1 nitrogen and oxygen atoms in total. The minimum atomic E-state index is -0.278. The van der Waals surface area contributed by atoms with Gasteiger partial charge in [-0.05, 0) is 36.0 Å². The van der Waals surface area contributed by atoms with Gasteiger partial charge in [0.05, 0.1) is 0 Å². The molecular formula is C14H19ClFN. The number of nitrogens with one attached hydrogen (secondary N) is 1. The molecule has 0 amide bonds. The predicted molar refractivity (Wildman–Crippen MR) is 69.7 cm³/mol. The summed E-state index contributed by atoms with van der Waals surface area (Å²) in [5.41, 5.74) is 1.32. The van der Waals surface area contributed by atoms with Crippen LogP contribution in [0.1, 0.15) is 38.7 Å². The van der Waals surface area contributed by atoms with Crippen molar-refractivity contribution in [2.45, 2.75) is 45.7 Å². The second-order valence-electron chi connectivity index (χ2n) is 5.55. The van der Waals surface area contributed by atoms with Crippen LogP contribution < -0.4 is 5.32 Å². The Morgan fingerprint density at radius 3 is 2.82 bits per heavy atom. The molecule has 0 spiro atoms. The molecule has 1 aromatic carbocycles. The van der Waals surface area contributed by atoms with E-state index in [0.717, 1.165) is 5.56 Å². The molecule has 1 aliphatic carbocycles. The fraction of sp³-hybridized carbons (Fsp3) is 0.571. The van der Waals surface area contributed by atoms with E-state index in [-0.39, 0.29) is 5.82 Å². The summed E-state index contributed by atoms with van der Waals surface area (Å²) in [7, 11) is 0. The molecule has 0 saturated heterocycles. The number of hydrogen-bond acceptors (Lipinski definition) is 1. The third kappa shape index (κ3) is 2.99. The monoisotopic (exact) mass is 255 g/mol. The van der Waals surface area contributed by atoms with Crippen LogP contribution in [-0.2, 0) is 6.54 Å². The Kier molecular flexibility index (Phi) is 3.74.